The first kappa shape index (κ1) is 10.2. The summed E-state index contributed by atoms with van der Waals surface area (Å²) in [6.45, 7) is 4.43. The quantitative estimate of drug-likeness (QED) is 0.687. The fourth-order valence-electron chi connectivity index (χ4n) is 2.01. The van der Waals surface area contributed by atoms with Gasteiger partial charge in [0.05, 0.1) is 0 Å². The highest BCUT2D eigenvalue weighted by molar-refractivity contribution is 5.83. The van der Waals surface area contributed by atoms with Crippen LogP contribution < -0.4 is 0 Å². The molecule has 0 atom stereocenters. The van der Waals surface area contributed by atoms with E-state index in [9.17, 15) is 0 Å². The van der Waals surface area contributed by atoms with Gasteiger partial charge in [0.2, 0.25) is 0 Å². The Bertz CT molecular complexity index is 455. The monoisotopic (exact) mass is 198 g/mol. The first-order chi connectivity index (χ1) is 7.33. The Balaban J connectivity index is 2.45. The predicted molar refractivity (Wildman–Crippen MR) is 67.3 cm³/mol. The Kier molecular flexibility index (Phi) is 3.05. The molecule has 0 saturated carbocycles. The predicted octanol–water partition coefficient (Wildman–Crippen LogP) is 4.35. The normalized spacial score (nSPS) is 10.8. The molecule has 2 aromatic carbocycles. The van der Waals surface area contributed by atoms with Gasteiger partial charge >= 0.3 is 0 Å². The van der Waals surface area contributed by atoms with E-state index in [1.165, 1.54) is 34.7 Å². The van der Waals surface area contributed by atoms with Crippen molar-refractivity contribution in [3.05, 3.63) is 47.5 Å². The molecule has 0 heterocycles. The van der Waals surface area contributed by atoms with Crippen LogP contribution in [-0.2, 0) is 12.8 Å². The Morgan fingerprint density at radius 1 is 0.800 bits per heavy atom. The van der Waals surface area contributed by atoms with Gasteiger partial charge in [-0.1, -0.05) is 56.7 Å². The summed E-state index contributed by atoms with van der Waals surface area (Å²) in [7, 11) is 0. The highest BCUT2D eigenvalue weighted by Gasteiger charge is 1.97. The minimum atomic E-state index is 1.12. The van der Waals surface area contributed by atoms with Crippen molar-refractivity contribution < 1.29 is 0 Å². The number of aryl methyl sites for hydroxylation is 2. The second kappa shape index (κ2) is 4.48. The van der Waals surface area contributed by atoms with Crippen molar-refractivity contribution in [1.29, 1.82) is 0 Å². The fraction of sp³-hybridized carbons (Fsp3) is 0.333. The highest BCUT2D eigenvalue weighted by Crippen LogP contribution is 2.19. The molecule has 15 heavy (non-hydrogen) atoms. The zero-order valence-corrected chi connectivity index (χ0v) is 9.59. The standard InChI is InChI=1S/C15H18/c1-3-5-13-7-9-14-10-12(4-2)6-8-15(14)11-13/h6-11H,3-5H2,1-2H3. The van der Waals surface area contributed by atoms with Gasteiger partial charge in [-0.25, -0.2) is 0 Å². The van der Waals surface area contributed by atoms with Crippen LogP contribution in [0.2, 0.25) is 0 Å². The van der Waals surface area contributed by atoms with Crippen LogP contribution in [0, 0.1) is 0 Å². The summed E-state index contributed by atoms with van der Waals surface area (Å²) in [4.78, 5) is 0. The number of hydrogen-bond acceptors (Lipinski definition) is 0. The lowest BCUT2D eigenvalue weighted by Gasteiger charge is -2.04. The zero-order chi connectivity index (χ0) is 10.7. The summed E-state index contributed by atoms with van der Waals surface area (Å²) >= 11 is 0. The third kappa shape index (κ3) is 2.20. The molecule has 0 N–H and O–H groups in total. The maximum Gasteiger partial charge on any atom is -0.0181 e. The largest absolute Gasteiger partial charge is 0.0651 e. The molecule has 2 aromatic rings. The Hall–Kier alpha value is -1.30. The maximum absolute atomic E-state index is 2.32. The summed E-state index contributed by atoms with van der Waals surface area (Å²) in [5.41, 5.74) is 2.87. The molecule has 0 amide bonds. The summed E-state index contributed by atoms with van der Waals surface area (Å²) < 4.78 is 0. The van der Waals surface area contributed by atoms with E-state index >= 15 is 0 Å². The van der Waals surface area contributed by atoms with Crippen molar-refractivity contribution in [3.8, 4) is 0 Å². The van der Waals surface area contributed by atoms with E-state index in [4.69, 9.17) is 0 Å². The number of fused-ring (bicyclic) bond motifs is 1. The maximum atomic E-state index is 2.32. The van der Waals surface area contributed by atoms with Crippen LogP contribution in [-0.4, -0.2) is 0 Å². The molecular weight excluding hydrogens is 180 g/mol. The third-order valence-electron chi connectivity index (χ3n) is 2.92. The lowest BCUT2D eigenvalue weighted by atomic mass is 10.0. The van der Waals surface area contributed by atoms with Gasteiger partial charge in [0.1, 0.15) is 0 Å². The zero-order valence-electron chi connectivity index (χ0n) is 9.59. The SMILES string of the molecule is CCCc1ccc2cc(CC)ccc2c1. The van der Waals surface area contributed by atoms with E-state index in [1.807, 2.05) is 0 Å². The van der Waals surface area contributed by atoms with Gasteiger partial charge in [-0.3, -0.25) is 0 Å². The molecule has 0 fully saturated rings. The van der Waals surface area contributed by atoms with Gasteiger partial charge in [0.25, 0.3) is 0 Å². The van der Waals surface area contributed by atoms with Gasteiger partial charge in [-0.2, -0.15) is 0 Å². The summed E-state index contributed by atoms with van der Waals surface area (Å²) in [6.07, 6.45) is 3.52. The van der Waals surface area contributed by atoms with Crippen LogP contribution in [0.5, 0.6) is 0 Å². The Labute approximate surface area is 91.9 Å². The first-order valence-corrected chi connectivity index (χ1v) is 5.85. The molecule has 0 aliphatic heterocycles. The summed E-state index contributed by atoms with van der Waals surface area (Å²) in [5, 5.41) is 2.74. The molecule has 78 valence electrons. The van der Waals surface area contributed by atoms with Gasteiger partial charge in [0.15, 0.2) is 0 Å². The fourth-order valence-corrected chi connectivity index (χ4v) is 2.01. The molecule has 0 radical (unpaired) electrons. The molecule has 2 rings (SSSR count). The molecule has 0 bridgehead atoms. The molecule has 0 aliphatic carbocycles. The highest BCUT2D eigenvalue weighted by atomic mass is 14.0. The van der Waals surface area contributed by atoms with Crippen molar-refractivity contribution in [3.63, 3.8) is 0 Å². The minimum absolute atomic E-state index is 1.12. The molecule has 0 aliphatic rings. The number of benzene rings is 2. The van der Waals surface area contributed by atoms with Crippen molar-refractivity contribution in [1.82, 2.24) is 0 Å². The van der Waals surface area contributed by atoms with E-state index < -0.39 is 0 Å². The average Bonchev–Trinajstić information content (AvgIpc) is 2.29. The van der Waals surface area contributed by atoms with E-state index in [1.54, 1.807) is 0 Å². The molecule has 0 spiro atoms. The lowest BCUT2D eigenvalue weighted by Crippen LogP contribution is -1.85. The van der Waals surface area contributed by atoms with Crippen LogP contribution in [0.25, 0.3) is 10.8 Å². The smallest absolute Gasteiger partial charge is 0.0181 e. The number of rotatable bonds is 3. The lowest BCUT2D eigenvalue weighted by molar-refractivity contribution is 0.923. The van der Waals surface area contributed by atoms with Gasteiger partial charge in [-0.05, 0) is 34.7 Å². The summed E-state index contributed by atoms with van der Waals surface area (Å²) in [6, 6.07) is 13.6. The van der Waals surface area contributed by atoms with Crippen LogP contribution in [0.3, 0.4) is 0 Å². The van der Waals surface area contributed by atoms with Crippen LogP contribution in [0.4, 0.5) is 0 Å². The van der Waals surface area contributed by atoms with Crippen molar-refractivity contribution in [2.24, 2.45) is 0 Å². The molecule has 0 unspecified atom stereocenters. The second-order valence-electron chi connectivity index (χ2n) is 4.12. The Morgan fingerprint density at radius 2 is 1.40 bits per heavy atom. The van der Waals surface area contributed by atoms with Crippen LogP contribution in [0.15, 0.2) is 36.4 Å². The second-order valence-corrected chi connectivity index (χ2v) is 4.12. The van der Waals surface area contributed by atoms with E-state index in [2.05, 4.69) is 50.2 Å². The van der Waals surface area contributed by atoms with Crippen LogP contribution >= 0.6 is 0 Å². The third-order valence-corrected chi connectivity index (χ3v) is 2.92. The molecule has 0 aromatic heterocycles. The van der Waals surface area contributed by atoms with Crippen molar-refractivity contribution >= 4 is 10.8 Å². The van der Waals surface area contributed by atoms with E-state index in [-0.39, 0.29) is 0 Å². The van der Waals surface area contributed by atoms with E-state index in [0.29, 0.717) is 0 Å². The van der Waals surface area contributed by atoms with Crippen molar-refractivity contribution in [2.45, 2.75) is 33.1 Å². The van der Waals surface area contributed by atoms with Crippen LogP contribution in [0.1, 0.15) is 31.4 Å². The van der Waals surface area contributed by atoms with E-state index in [0.717, 1.165) is 6.42 Å². The molecule has 0 nitrogen and oxygen atoms in total. The summed E-state index contributed by atoms with van der Waals surface area (Å²) in [5.74, 6) is 0. The number of hydrogen-bond donors (Lipinski definition) is 0. The molecule has 0 saturated heterocycles. The van der Waals surface area contributed by atoms with Crippen molar-refractivity contribution in [2.75, 3.05) is 0 Å². The molecule has 0 heteroatoms. The van der Waals surface area contributed by atoms with Gasteiger partial charge in [-0.15, -0.1) is 0 Å². The first-order valence-electron chi connectivity index (χ1n) is 5.85. The average molecular weight is 198 g/mol. The molecular formula is C15H18. The Morgan fingerprint density at radius 3 is 2.00 bits per heavy atom. The van der Waals surface area contributed by atoms with Gasteiger partial charge < -0.3 is 0 Å². The topological polar surface area (TPSA) is 0 Å². The minimum Gasteiger partial charge on any atom is -0.0651 e. The van der Waals surface area contributed by atoms with Gasteiger partial charge in [0, 0.05) is 0 Å².